The van der Waals surface area contributed by atoms with Crippen LogP contribution in [-0.4, -0.2) is 74.2 Å². The minimum Gasteiger partial charge on any atom is -0.497 e. The smallest absolute Gasteiger partial charge is 0.129 e. The van der Waals surface area contributed by atoms with E-state index in [2.05, 4.69) is 26.8 Å². The second kappa shape index (κ2) is 13.1. The molecule has 32 heavy (non-hydrogen) atoms. The van der Waals surface area contributed by atoms with Gasteiger partial charge < -0.3 is 20.3 Å². The van der Waals surface area contributed by atoms with Crippen molar-refractivity contribution in [3.8, 4) is 5.75 Å². The van der Waals surface area contributed by atoms with E-state index in [1.54, 1.807) is 19.2 Å². The number of nitrogens with zero attached hydrogens (tertiary/aromatic N) is 3. The zero-order chi connectivity index (χ0) is 22.8. The summed E-state index contributed by atoms with van der Waals surface area (Å²) in [7, 11) is 1.67. The van der Waals surface area contributed by atoms with E-state index in [4.69, 9.17) is 22.1 Å². The van der Waals surface area contributed by atoms with Crippen molar-refractivity contribution in [3.05, 3.63) is 64.4 Å². The Kier molecular flexibility index (Phi) is 10.2. The summed E-state index contributed by atoms with van der Waals surface area (Å²) < 4.78 is 19.7. The highest BCUT2D eigenvalue weighted by Crippen LogP contribution is 2.22. The zero-order valence-corrected chi connectivity index (χ0v) is 19.9. The maximum atomic E-state index is 14.4. The maximum absolute atomic E-state index is 14.4. The van der Waals surface area contributed by atoms with Crippen LogP contribution in [-0.2, 0) is 13.1 Å². The Morgan fingerprint density at radius 3 is 2.22 bits per heavy atom. The van der Waals surface area contributed by atoms with Gasteiger partial charge in [0.25, 0.3) is 0 Å². The maximum Gasteiger partial charge on any atom is 0.129 e. The van der Waals surface area contributed by atoms with Gasteiger partial charge in [0.15, 0.2) is 0 Å². The van der Waals surface area contributed by atoms with Crippen LogP contribution in [0.1, 0.15) is 24.0 Å². The van der Waals surface area contributed by atoms with Crippen LogP contribution in [0.25, 0.3) is 0 Å². The standard InChI is InChI=1S/C25H36ClFN4O/c1-32-22-9-7-21(8-10-22)19-31(20-23-24(26)5-2-6-25(23)27)14-4-13-30-17-15-29(16-18-30)12-3-11-28/h2,5-10H,3-4,11-20,28H2,1H3. The van der Waals surface area contributed by atoms with Crippen molar-refractivity contribution in [1.82, 2.24) is 14.7 Å². The van der Waals surface area contributed by atoms with Gasteiger partial charge in [0.2, 0.25) is 0 Å². The molecule has 2 aromatic rings. The lowest BCUT2D eigenvalue weighted by molar-refractivity contribution is 0.125. The van der Waals surface area contributed by atoms with Gasteiger partial charge >= 0.3 is 0 Å². The average Bonchev–Trinajstić information content (AvgIpc) is 2.81. The Morgan fingerprint density at radius 2 is 1.62 bits per heavy atom. The minimum absolute atomic E-state index is 0.245. The van der Waals surface area contributed by atoms with Crippen molar-refractivity contribution in [2.75, 3.05) is 59.5 Å². The van der Waals surface area contributed by atoms with Gasteiger partial charge in [-0.3, -0.25) is 4.90 Å². The second-order valence-corrected chi connectivity index (χ2v) is 8.85. The van der Waals surface area contributed by atoms with Crippen molar-refractivity contribution in [1.29, 1.82) is 0 Å². The van der Waals surface area contributed by atoms with Gasteiger partial charge in [-0.1, -0.05) is 29.8 Å². The number of halogens is 2. The predicted molar refractivity (Wildman–Crippen MR) is 130 cm³/mol. The largest absolute Gasteiger partial charge is 0.497 e. The van der Waals surface area contributed by atoms with Gasteiger partial charge in [-0.05, 0) is 62.3 Å². The van der Waals surface area contributed by atoms with Crippen molar-refractivity contribution >= 4 is 11.6 Å². The van der Waals surface area contributed by atoms with Crippen LogP contribution in [0, 0.1) is 5.82 Å². The third kappa shape index (κ3) is 7.71. The molecule has 0 spiro atoms. The van der Waals surface area contributed by atoms with Crippen LogP contribution < -0.4 is 10.5 Å². The van der Waals surface area contributed by atoms with Gasteiger partial charge in [0, 0.05) is 56.4 Å². The highest BCUT2D eigenvalue weighted by molar-refractivity contribution is 6.31. The first kappa shape index (κ1) is 24.9. The molecule has 2 aromatic carbocycles. The fraction of sp³-hybridized carbons (Fsp3) is 0.520. The third-order valence-electron chi connectivity index (χ3n) is 6.10. The highest BCUT2D eigenvalue weighted by Gasteiger charge is 2.17. The van der Waals surface area contributed by atoms with Crippen LogP contribution in [0.15, 0.2) is 42.5 Å². The first-order valence-corrected chi connectivity index (χ1v) is 11.9. The second-order valence-electron chi connectivity index (χ2n) is 8.44. The van der Waals surface area contributed by atoms with Crippen molar-refractivity contribution in [2.24, 2.45) is 5.73 Å². The van der Waals surface area contributed by atoms with E-state index in [1.807, 2.05) is 12.1 Å². The molecule has 0 aromatic heterocycles. The van der Waals surface area contributed by atoms with E-state index >= 15 is 0 Å². The van der Waals surface area contributed by atoms with Gasteiger partial charge in [0.05, 0.1) is 7.11 Å². The molecule has 0 unspecified atom stereocenters. The van der Waals surface area contributed by atoms with Gasteiger partial charge in [-0.2, -0.15) is 0 Å². The van der Waals surface area contributed by atoms with Gasteiger partial charge in [-0.15, -0.1) is 0 Å². The number of hydrogen-bond acceptors (Lipinski definition) is 5. The van der Waals surface area contributed by atoms with Crippen molar-refractivity contribution in [3.63, 3.8) is 0 Å². The summed E-state index contributed by atoms with van der Waals surface area (Å²) in [6.45, 7) is 9.44. The summed E-state index contributed by atoms with van der Waals surface area (Å²) in [5.41, 5.74) is 7.37. The number of piperazine rings is 1. The van der Waals surface area contributed by atoms with Crippen LogP contribution in [0.4, 0.5) is 4.39 Å². The topological polar surface area (TPSA) is 45.0 Å². The molecule has 1 aliphatic heterocycles. The normalized spacial score (nSPS) is 15.4. The molecule has 3 rings (SSSR count). The lowest BCUT2D eigenvalue weighted by Crippen LogP contribution is -2.47. The first-order valence-electron chi connectivity index (χ1n) is 11.5. The van der Waals surface area contributed by atoms with Crippen LogP contribution in [0.2, 0.25) is 5.02 Å². The molecule has 2 N–H and O–H groups in total. The molecule has 0 radical (unpaired) electrons. The number of methoxy groups -OCH3 is 1. The molecule has 1 aliphatic rings. The summed E-state index contributed by atoms with van der Waals surface area (Å²) in [5.74, 6) is 0.592. The lowest BCUT2D eigenvalue weighted by atomic mass is 10.1. The Bertz CT molecular complexity index is 792. The molecule has 176 valence electrons. The summed E-state index contributed by atoms with van der Waals surface area (Å²) >= 11 is 6.32. The molecule has 0 amide bonds. The Balaban J connectivity index is 1.56. The molecule has 0 saturated carbocycles. The number of hydrogen-bond donors (Lipinski definition) is 1. The Hall–Kier alpha value is -1.70. The highest BCUT2D eigenvalue weighted by atomic mass is 35.5. The summed E-state index contributed by atoms with van der Waals surface area (Å²) in [6, 6.07) is 13.0. The molecule has 5 nitrogen and oxygen atoms in total. The van der Waals surface area contributed by atoms with E-state index in [1.165, 1.54) is 11.6 Å². The number of nitrogens with two attached hydrogens (primary N) is 1. The summed E-state index contributed by atoms with van der Waals surface area (Å²) in [5, 5.41) is 0.485. The molecular formula is C25H36ClFN4O. The molecule has 0 atom stereocenters. The van der Waals surface area contributed by atoms with Crippen molar-refractivity contribution < 1.29 is 9.13 Å². The Labute approximate surface area is 196 Å². The summed E-state index contributed by atoms with van der Waals surface area (Å²) in [4.78, 5) is 7.31. The van der Waals surface area contributed by atoms with Crippen LogP contribution in [0.3, 0.4) is 0 Å². The van der Waals surface area contributed by atoms with Gasteiger partial charge in [-0.25, -0.2) is 4.39 Å². The van der Waals surface area contributed by atoms with E-state index in [0.717, 1.165) is 77.5 Å². The zero-order valence-electron chi connectivity index (χ0n) is 19.1. The number of ether oxygens (including phenoxy) is 1. The van der Waals surface area contributed by atoms with Crippen molar-refractivity contribution in [2.45, 2.75) is 25.9 Å². The van der Waals surface area contributed by atoms with Gasteiger partial charge in [0.1, 0.15) is 11.6 Å². The fourth-order valence-electron chi connectivity index (χ4n) is 4.18. The number of benzene rings is 2. The lowest BCUT2D eigenvalue weighted by Gasteiger charge is -2.35. The van der Waals surface area contributed by atoms with E-state index in [9.17, 15) is 4.39 Å². The molecule has 1 saturated heterocycles. The monoisotopic (exact) mass is 462 g/mol. The molecule has 7 heteroatoms. The average molecular weight is 463 g/mol. The van der Waals surface area contributed by atoms with E-state index in [0.29, 0.717) is 17.1 Å². The molecule has 0 aliphatic carbocycles. The Morgan fingerprint density at radius 1 is 0.969 bits per heavy atom. The SMILES string of the molecule is COc1ccc(CN(CCCN2CCN(CCCN)CC2)Cc2c(F)cccc2Cl)cc1. The van der Waals surface area contributed by atoms with E-state index < -0.39 is 0 Å². The van der Waals surface area contributed by atoms with Crippen LogP contribution >= 0.6 is 11.6 Å². The summed E-state index contributed by atoms with van der Waals surface area (Å²) in [6.07, 6.45) is 2.10. The molecular weight excluding hydrogens is 427 g/mol. The minimum atomic E-state index is -0.245. The molecule has 0 bridgehead atoms. The third-order valence-corrected chi connectivity index (χ3v) is 6.45. The molecule has 1 heterocycles. The number of rotatable bonds is 12. The van der Waals surface area contributed by atoms with Crippen LogP contribution in [0.5, 0.6) is 5.75 Å². The first-order chi connectivity index (χ1) is 15.6. The fourth-order valence-corrected chi connectivity index (χ4v) is 4.40. The van der Waals surface area contributed by atoms with E-state index in [-0.39, 0.29) is 5.82 Å². The predicted octanol–water partition coefficient (Wildman–Crippen LogP) is 3.85. The molecule has 1 fully saturated rings. The quantitative estimate of drug-likeness (QED) is 0.519.